The summed E-state index contributed by atoms with van der Waals surface area (Å²) in [6.45, 7) is 7.31. The van der Waals surface area contributed by atoms with Gasteiger partial charge in [-0.15, -0.1) is 0 Å². The van der Waals surface area contributed by atoms with Crippen LogP contribution in [0.3, 0.4) is 0 Å². The van der Waals surface area contributed by atoms with Gasteiger partial charge in [0.25, 0.3) is 0 Å². The minimum absolute atomic E-state index is 0.134. The standard InChI is InChI=1S/C10H16ClN3O/c1-9(2,3)13-14-10(4,7-12)6-5-8(11)15/h5-6H2,1-4H3/b14-13+. The van der Waals surface area contributed by atoms with Crippen LogP contribution in [0.4, 0.5) is 0 Å². The zero-order valence-electron chi connectivity index (χ0n) is 9.54. The Morgan fingerprint density at radius 3 is 2.20 bits per heavy atom. The Morgan fingerprint density at radius 1 is 1.33 bits per heavy atom. The molecule has 0 spiro atoms. The zero-order chi connectivity index (χ0) is 12.1. The Bertz CT molecular complexity index is 301. The molecule has 0 aliphatic rings. The van der Waals surface area contributed by atoms with Crippen LogP contribution in [-0.2, 0) is 4.79 Å². The van der Waals surface area contributed by atoms with Gasteiger partial charge < -0.3 is 0 Å². The van der Waals surface area contributed by atoms with Gasteiger partial charge in [0.15, 0.2) is 5.54 Å². The molecule has 0 aliphatic heterocycles. The molecular formula is C10H16ClN3O. The van der Waals surface area contributed by atoms with E-state index >= 15 is 0 Å². The summed E-state index contributed by atoms with van der Waals surface area (Å²) in [6, 6.07) is 2.04. The van der Waals surface area contributed by atoms with E-state index in [1.165, 1.54) is 0 Å². The number of halogens is 1. The van der Waals surface area contributed by atoms with Crippen molar-refractivity contribution >= 4 is 16.8 Å². The maximum absolute atomic E-state index is 10.6. The van der Waals surface area contributed by atoms with Crippen LogP contribution in [0, 0.1) is 11.3 Å². The quantitative estimate of drug-likeness (QED) is 0.549. The van der Waals surface area contributed by atoms with Gasteiger partial charge >= 0.3 is 0 Å². The van der Waals surface area contributed by atoms with Crippen molar-refractivity contribution in [2.24, 2.45) is 10.2 Å². The van der Waals surface area contributed by atoms with Crippen molar-refractivity contribution in [3.05, 3.63) is 0 Å². The summed E-state index contributed by atoms with van der Waals surface area (Å²) in [5, 5.41) is 16.5. The number of rotatable bonds is 4. The van der Waals surface area contributed by atoms with Crippen LogP contribution >= 0.6 is 11.6 Å². The van der Waals surface area contributed by atoms with Gasteiger partial charge in [0, 0.05) is 6.42 Å². The fraction of sp³-hybridized carbons (Fsp3) is 0.800. The first kappa shape index (κ1) is 14.1. The molecule has 0 saturated heterocycles. The number of carbonyl (C=O) groups excluding carboxylic acids is 1. The second-order valence-electron chi connectivity index (χ2n) is 4.61. The third kappa shape index (κ3) is 7.03. The van der Waals surface area contributed by atoms with Gasteiger partial charge in [-0.25, -0.2) is 0 Å². The number of carbonyl (C=O) groups is 1. The second kappa shape index (κ2) is 5.22. The van der Waals surface area contributed by atoms with Crippen molar-refractivity contribution in [2.75, 3.05) is 0 Å². The van der Waals surface area contributed by atoms with Crippen LogP contribution in [0.2, 0.25) is 0 Å². The Balaban J connectivity index is 4.53. The van der Waals surface area contributed by atoms with E-state index in [-0.39, 0.29) is 12.0 Å². The number of azo groups is 1. The molecule has 0 aromatic heterocycles. The summed E-state index contributed by atoms with van der Waals surface area (Å²) in [7, 11) is 0. The molecule has 0 rings (SSSR count). The average molecular weight is 230 g/mol. The van der Waals surface area contributed by atoms with Gasteiger partial charge in [-0.05, 0) is 45.7 Å². The van der Waals surface area contributed by atoms with Crippen molar-refractivity contribution in [3.63, 3.8) is 0 Å². The van der Waals surface area contributed by atoms with E-state index < -0.39 is 10.8 Å². The zero-order valence-corrected chi connectivity index (χ0v) is 10.3. The lowest BCUT2D eigenvalue weighted by atomic mass is 9.99. The fourth-order valence-corrected chi connectivity index (χ4v) is 0.825. The molecule has 1 atom stereocenters. The Morgan fingerprint density at radius 2 is 1.87 bits per heavy atom. The Hall–Kier alpha value is -0.950. The summed E-state index contributed by atoms with van der Waals surface area (Å²) < 4.78 is 0. The van der Waals surface area contributed by atoms with Gasteiger partial charge in [-0.2, -0.15) is 15.5 Å². The summed E-state index contributed by atoms with van der Waals surface area (Å²) >= 11 is 5.21. The van der Waals surface area contributed by atoms with Crippen molar-refractivity contribution in [1.82, 2.24) is 0 Å². The summed E-state index contributed by atoms with van der Waals surface area (Å²) in [6.07, 6.45) is 0.431. The highest BCUT2D eigenvalue weighted by Gasteiger charge is 2.25. The maximum Gasteiger partial charge on any atom is 0.221 e. The second-order valence-corrected chi connectivity index (χ2v) is 5.03. The first-order chi connectivity index (χ1) is 6.68. The molecule has 15 heavy (non-hydrogen) atoms. The Labute approximate surface area is 95.3 Å². The van der Waals surface area contributed by atoms with Crippen LogP contribution in [-0.4, -0.2) is 16.3 Å². The normalized spacial score (nSPS) is 16.0. The summed E-state index contributed by atoms with van der Waals surface area (Å²) in [5.74, 6) is 0. The topological polar surface area (TPSA) is 65.6 Å². The summed E-state index contributed by atoms with van der Waals surface area (Å²) in [5.41, 5.74) is -1.28. The van der Waals surface area contributed by atoms with Gasteiger partial charge in [0.1, 0.15) is 0 Å². The number of hydrogen-bond donors (Lipinski definition) is 0. The fourth-order valence-electron chi connectivity index (χ4n) is 0.730. The molecule has 0 bridgehead atoms. The van der Waals surface area contributed by atoms with Gasteiger partial charge in [-0.3, -0.25) is 4.79 Å². The summed E-state index contributed by atoms with van der Waals surface area (Å²) in [4.78, 5) is 10.6. The van der Waals surface area contributed by atoms with Gasteiger partial charge in [0.05, 0.1) is 11.6 Å². The number of nitrogens with zero attached hydrogens (tertiary/aromatic N) is 3. The molecule has 0 heterocycles. The molecule has 0 aromatic rings. The lowest BCUT2D eigenvalue weighted by molar-refractivity contribution is -0.111. The largest absolute Gasteiger partial charge is 0.281 e. The highest BCUT2D eigenvalue weighted by Crippen LogP contribution is 2.20. The van der Waals surface area contributed by atoms with Gasteiger partial charge in [0.2, 0.25) is 5.24 Å². The molecule has 0 N–H and O–H groups in total. The van der Waals surface area contributed by atoms with E-state index in [4.69, 9.17) is 16.9 Å². The molecule has 0 amide bonds. The van der Waals surface area contributed by atoms with Gasteiger partial charge in [-0.1, -0.05) is 0 Å². The monoisotopic (exact) mass is 229 g/mol. The van der Waals surface area contributed by atoms with E-state index in [9.17, 15) is 4.79 Å². The average Bonchev–Trinajstić information content (AvgIpc) is 2.10. The van der Waals surface area contributed by atoms with Crippen molar-refractivity contribution in [1.29, 1.82) is 5.26 Å². The molecule has 0 fully saturated rings. The highest BCUT2D eigenvalue weighted by molar-refractivity contribution is 6.63. The van der Waals surface area contributed by atoms with Crippen LogP contribution in [0.25, 0.3) is 0 Å². The molecule has 1 unspecified atom stereocenters. The number of nitriles is 1. The maximum atomic E-state index is 10.6. The van der Waals surface area contributed by atoms with Crippen LogP contribution in [0.1, 0.15) is 40.5 Å². The predicted octanol–water partition coefficient (Wildman–Crippen LogP) is 3.06. The minimum atomic E-state index is -0.960. The van der Waals surface area contributed by atoms with Crippen LogP contribution in [0.15, 0.2) is 10.2 Å². The lowest BCUT2D eigenvalue weighted by Crippen LogP contribution is -2.21. The van der Waals surface area contributed by atoms with Crippen molar-refractivity contribution in [3.8, 4) is 6.07 Å². The van der Waals surface area contributed by atoms with Crippen molar-refractivity contribution < 1.29 is 4.79 Å². The smallest absolute Gasteiger partial charge is 0.221 e. The minimum Gasteiger partial charge on any atom is -0.281 e. The molecule has 4 nitrogen and oxygen atoms in total. The van der Waals surface area contributed by atoms with E-state index in [0.717, 1.165) is 0 Å². The first-order valence-electron chi connectivity index (χ1n) is 4.72. The van der Waals surface area contributed by atoms with E-state index in [0.29, 0.717) is 6.42 Å². The third-order valence-corrected chi connectivity index (χ3v) is 1.81. The third-order valence-electron chi connectivity index (χ3n) is 1.62. The predicted molar refractivity (Wildman–Crippen MR) is 58.7 cm³/mol. The molecule has 5 heteroatoms. The molecule has 84 valence electrons. The van der Waals surface area contributed by atoms with E-state index in [1.807, 2.05) is 26.8 Å². The molecule has 0 aromatic carbocycles. The lowest BCUT2D eigenvalue weighted by Gasteiger charge is -2.17. The SMILES string of the molecule is CC(C)(C)/N=N/C(C)(C#N)CCC(=O)Cl. The highest BCUT2D eigenvalue weighted by atomic mass is 35.5. The Kier molecular flexibility index (Phi) is 4.89. The van der Waals surface area contributed by atoms with Crippen molar-refractivity contribution in [2.45, 2.75) is 51.6 Å². The molecular weight excluding hydrogens is 214 g/mol. The number of hydrogen-bond acceptors (Lipinski definition) is 4. The van der Waals surface area contributed by atoms with Crippen LogP contribution < -0.4 is 0 Å². The van der Waals surface area contributed by atoms with Crippen LogP contribution in [0.5, 0.6) is 0 Å². The molecule has 0 saturated carbocycles. The van der Waals surface area contributed by atoms with E-state index in [2.05, 4.69) is 10.2 Å². The first-order valence-corrected chi connectivity index (χ1v) is 5.10. The van der Waals surface area contributed by atoms with E-state index in [1.54, 1.807) is 6.92 Å². The molecule has 0 aliphatic carbocycles. The molecule has 0 radical (unpaired) electrons.